The molecule has 0 bridgehead atoms. The summed E-state index contributed by atoms with van der Waals surface area (Å²) in [6, 6.07) is -0.184. The lowest BCUT2D eigenvalue weighted by atomic mass is 9.84. The van der Waals surface area contributed by atoms with Gasteiger partial charge in [-0.25, -0.2) is 4.79 Å². The van der Waals surface area contributed by atoms with E-state index < -0.39 is 5.54 Å². The molecule has 5 heteroatoms. The van der Waals surface area contributed by atoms with Crippen LogP contribution in [0, 0.1) is 0 Å². The first-order valence-electron chi connectivity index (χ1n) is 8.54. The van der Waals surface area contributed by atoms with Crippen LogP contribution in [0.1, 0.15) is 64.7 Å². The number of urea groups is 1. The summed E-state index contributed by atoms with van der Waals surface area (Å²) in [6.07, 6.45) is 9.23. The molecule has 120 valence electrons. The highest BCUT2D eigenvalue weighted by Gasteiger charge is 2.49. The molecule has 0 aromatic carbocycles. The Kier molecular flexibility index (Phi) is 6.03. The van der Waals surface area contributed by atoms with Crippen molar-refractivity contribution in [2.24, 2.45) is 0 Å². The topological polar surface area (TPSA) is 61.4 Å². The van der Waals surface area contributed by atoms with Gasteiger partial charge in [0, 0.05) is 6.54 Å². The van der Waals surface area contributed by atoms with Crippen molar-refractivity contribution in [3.63, 3.8) is 0 Å². The number of carbonyl (C=O) groups is 2. The van der Waals surface area contributed by atoms with Crippen molar-refractivity contribution in [2.75, 3.05) is 19.6 Å². The van der Waals surface area contributed by atoms with Crippen LogP contribution in [-0.2, 0) is 4.79 Å². The van der Waals surface area contributed by atoms with Crippen molar-refractivity contribution in [1.29, 1.82) is 0 Å². The molecule has 1 spiro atoms. The van der Waals surface area contributed by atoms with Gasteiger partial charge in [-0.2, -0.15) is 0 Å². The minimum Gasteiger partial charge on any atom is -0.323 e. The summed E-state index contributed by atoms with van der Waals surface area (Å²) in [6.45, 7) is 4.51. The number of nitrogens with zero attached hydrogens (tertiary/aromatic N) is 1. The fourth-order valence-electron chi connectivity index (χ4n) is 3.39. The average molecular weight is 295 g/mol. The second kappa shape index (κ2) is 7.78. The third-order valence-electron chi connectivity index (χ3n) is 4.62. The molecule has 1 aliphatic carbocycles. The zero-order chi connectivity index (χ0) is 15.1. The molecule has 0 aromatic heterocycles. The zero-order valence-electron chi connectivity index (χ0n) is 13.2. The number of amides is 3. The minimum absolute atomic E-state index is 0.0184. The van der Waals surface area contributed by atoms with Gasteiger partial charge in [-0.05, 0) is 38.8 Å². The molecular formula is C16H29N3O2. The smallest absolute Gasteiger partial charge is 0.323 e. The Bertz CT molecular complexity index is 363. The van der Waals surface area contributed by atoms with Crippen LogP contribution in [0.15, 0.2) is 0 Å². The van der Waals surface area contributed by atoms with E-state index >= 15 is 0 Å². The Morgan fingerprint density at radius 2 is 1.76 bits per heavy atom. The fourth-order valence-corrected chi connectivity index (χ4v) is 3.39. The number of imide groups is 1. The van der Waals surface area contributed by atoms with Crippen molar-refractivity contribution in [2.45, 2.75) is 70.3 Å². The third-order valence-corrected chi connectivity index (χ3v) is 4.62. The standard InChI is InChI=1S/C16H29N3O2/c1-2-11-17-12-8-13-19-14(20)16(18-15(19)21)9-6-4-3-5-7-10-16/h17H,2-13H2,1H3,(H,18,21). The van der Waals surface area contributed by atoms with Crippen molar-refractivity contribution >= 4 is 11.9 Å². The van der Waals surface area contributed by atoms with Crippen LogP contribution in [0.2, 0.25) is 0 Å². The summed E-state index contributed by atoms with van der Waals surface area (Å²) in [5.74, 6) is 0.0184. The lowest BCUT2D eigenvalue weighted by molar-refractivity contribution is -0.132. The molecule has 0 radical (unpaired) electrons. The van der Waals surface area contributed by atoms with Crippen LogP contribution in [0.3, 0.4) is 0 Å². The largest absolute Gasteiger partial charge is 0.325 e. The Hall–Kier alpha value is -1.10. The normalized spacial score (nSPS) is 22.2. The van der Waals surface area contributed by atoms with Crippen LogP contribution in [0.5, 0.6) is 0 Å². The Labute approximate surface area is 127 Å². The van der Waals surface area contributed by atoms with Crippen LogP contribution in [0.4, 0.5) is 4.79 Å². The van der Waals surface area contributed by atoms with Gasteiger partial charge in [-0.15, -0.1) is 0 Å². The highest BCUT2D eigenvalue weighted by atomic mass is 16.2. The average Bonchev–Trinajstić information content (AvgIpc) is 2.67. The van der Waals surface area contributed by atoms with Gasteiger partial charge in [0.1, 0.15) is 5.54 Å². The molecule has 2 rings (SSSR count). The first-order chi connectivity index (χ1) is 10.2. The van der Waals surface area contributed by atoms with Gasteiger partial charge in [0.2, 0.25) is 0 Å². The lowest BCUT2D eigenvalue weighted by Crippen LogP contribution is -2.47. The zero-order valence-corrected chi connectivity index (χ0v) is 13.2. The number of nitrogens with one attached hydrogen (secondary N) is 2. The summed E-state index contributed by atoms with van der Waals surface area (Å²) in [5.41, 5.74) is -0.589. The van der Waals surface area contributed by atoms with E-state index in [4.69, 9.17) is 0 Å². The first kappa shape index (κ1) is 16.3. The molecule has 3 amide bonds. The molecule has 0 atom stereocenters. The summed E-state index contributed by atoms with van der Waals surface area (Å²) in [4.78, 5) is 26.3. The molecule has 21 heavy (non-hydrogen) atoms. The number of hydrogen-bond acceptors (Lipinski definition) is 3. The van der Waals surface area contributed by atoms with Gasteiger partial charge in [-0.1, -0.05) is 39.0 Å². The van der Waals surface area contributed by atoms with E-state index in [0.29, 0.717) is 6.54 Å². The molecule has 1 heterocycles. The quantitative estimate of drug-likeness (QED) is 0.584. The second-order valence-corrected chi connectivity index (χ2v) is 6.34. The van der Waals surface area contributed by atoms with E-state index in [2.05, 4.69) is 17.6 Å². The van der Waals surface area contributed by atoms with Gasteiger partial charge < -0.3 is 10.6 Å². The maximum absolute atomic E-state index is 12.7. The molecular weight excluding hydrogens is 266 g/mol. The monoisotopic (exact) mass is 295 g/mol. The predicted molar refractivity (Wildman–Crippen MR) is 83.1 cm³/mol. The molecule has 2 aliphatic rings. The highest BCUT2D eigenvalue weighted by Crippen LogP contribution is 2.32. The van der Waals surface area contributed by atoms with E-state index in [9.17, 15) is 9.59 Å². The van der Waals surface area contributed by atoms with Crippen LogP contribution in [-0.4, -0.2) is 42.0 Å². The van der Waals surface area contributed by atoms with E-state index in [0.717, 1.165) is 51.6 Å². The van der Waals surface area contributed by atoms with Crippen molar-refractivity contribution in [3.05, 3.63) is 0 Å². The number of hydrogen-bond donors (Lipinski definition) is 2. The second-order valence-electron chi connectivity index (χ2n) is 6.34. The van der Waals surface area contributed by atoms with Crippen LogP contribution in [0.25, 0.3) is 0 Å². The molecule has 2 N–H and O–H groups in total. The summed E-state index contributed by atoms with van der Waals surface area (Å²) in [7, 11) is 0. The lowest BCUT2D eigenvalue weighted by Gasteiger charge is -2.28. The van der Waals surface area contributed by atoms with Crippen molar-refractivity contribution in [1.82, 2.24) is 15.5 Å². The molecule has 0 aromatic rings. The highest BCUT2D eigenvalue weighted by molar-refractivity contribution is 6.07. The Morgan fingerprint density at radius 3 is 2.43 bits per heavy atom. The summed E-state index contributed by atoms with van der Waals surface area (Å²) in [5, 5.41) is 6.31. The van der Waals surface area contributed by atoms with Gasteiger partial charge in [-0.3, -0.25) is 9.69 Å². The maximum Gasteiger partial charge on any atom is 0.325 e. The van der Waals surface area contributed by atoms with Crippen molar-refractivity contribution < 1.29 is 9.59 Å². The molecule has 0 unspecified atom stereocenters. The summed E-state index contributed by atoms with van der Waals surface area (Å²) < 4.78 is 0. The van der Waals surface area contributed by atoms with E-state index in [1.165, 1.54) is 24.2 Å². The maximum atomic E-state index is 12.7. The van der Waals surface area contributed by atoms with E-state index in [1.807, 2.05) is 0 Å². The minimum atomic E-state index is -0.589. The third kappa shape index (κ3) is 3.96. The van der Waals surface area contributed by atoms with Gasteiger partial charge >= 0.3 is 6.03 Å². The van der Waals surface area contributed by atoms with E-state index in [-0.39, 0.29) is 11.9 Å². The van der Waals surface area contributed by atoms with Gasteiger partial charge in [0.15, 0.2) is 0 Å². The van der Waals surface area contributed by atoms with Crippen molar-refractivity contribution in [3.8, 4) is 0 Å². The first-order valence-corrected chi connectivity index (χ1v) is 8.54. The summed E-state index contributed by atoms with van der Waals surface area (Å²) >= 11 is 0. The number of carbonyl (C=O) groups excluding carboxylic acids is 2. The Balaban J connectivity index is 1.88. The fraction of sp³-hybridized carbons (Fsp3) is 0.875. The molecule has 1 saturated carbocycles. The molecule has 2 fully saturated rings. The predicted octanol–water partition coefficient (Wildman–Crippen LogP) is 2.41. The molecule has 1 saturated heterocycles. The SMILES string of the molecule is CCCNCCCN1C(=O)NC2(CCCCCCC2)C1=O. The molecule has 5 nitrogen and oxygen atoms in total. The molecule has 1 aliphatic heterocycles. The van der Waals surface area contributed by atoms with Gasteiger partial charge in [0.05, 0.1) is 0 Å². The van der Waals surface area contributed by atoms with Crippen LogP contribution >= 0.6 is 0 Å². The number of rotatable bonds is 6. The Morgan fingerprint density at radius 1 is 1.10 bits per heavy atom. The van der Waals surface area contributed by atoms with E-state index in [1.54, 1.807) is 0 Å². The van der Waals surface area contributed by atoms with Gasteiger partial charge in [0.25, 0.3) is 5.91 Å². The van der Waals surface area contributed by atoms with Crippen LogP contribution < -0.4 is 10.6 Å².